The van der Waals surface area contributed by atoms with Crippen molar-refractivity contribution in [3.8, 4) is 11.3 Å². The zero-order valence-electron chi connectivity index (χ0n) is 11.5. The second kappa shape index (κ2) is 6.21. The molecule has 122 valence electrons. The Morgan fingerprint density at radius 1 is 1.35 bits per heavy atom. The van der Waals surface area contributed by atoms with Crippen LogP contribution in [0.3, 0.4) is 0 Å². The lowest BCUT2D eigenvalue weighted by atomic mass is 10.2. The number of carbonyl (C=O) groups is 1. The highest BCUT2D eigenvalue weighted by Gasteiger charge is 2.51. The molecule has 9 heteroatoms. The molecule has 3 rings (SSSR count). The highest BCUT2D eigenvalue weighted by atomic mass is 79.9. The fourth-order valence-corrected chi connectivity index (χ4v) is 3.44. The lowest BCUT2D eigenvalue weighted by molar-refractivity contribution is -0.147. The van der Waals surface area contributed by atoms with Crippen molar-refractivity contribution < 1.29 is 22.7 Å². The molecule has 1 aliphatic rings. The molecular formula is C14H10BrF3N2O2S. The smallest absolute Gasteiger partial charge is 0.349 e. The van der Waals surface area contributed by atoms with E-state index in [9.17, 15) is 18.0 Å². The summed E-state index contributed by atoms with van der Waals surface area (Å²) in [4.78, 5) is 16.1. The van der Waals surface area contributed by atoms with Crippen LogP contribution in [-0.2, 0) is 9.53 Å². The Hall–Kier alpha value is -1.45. The molecule has 0 saturated carbocycles. The molecule has 0 amide bonds. The van der Waals surface area contributed by atoms with Crippen molar-refractivity contribution in [3.05, 3.63) is 34.1 Å². The zero-order chi connectivity index (χ0) is 16.6. The first-order valence-electron chi connectivity index (χ1n) is 6.53. The Labute approximate surface area is 142 Å². The van der Waals surface area contributed by atoms with Gasteiger partial charge < -0.3 is 9.64 Å². The van der Waals surface area contributed by atoms with Gasteiger partial charge in [-0.1, -0.05) is 28.1 Å². The molecule has 1 aromatic carbocycles. The first-order valence-corrected chi connectivity index (χ1v) is 8.21. The largest absolute Gasteiger partial charge is 0.411 e. The molecule has 0 bridgehead atoms. The van der Waals surface area contributed by atoms with E-state index in [0.29, 0.717) is 12.0 Å². The third kappa shape index (κ3) is 3.26. The van der Waals surface area contributed by atoms with Gasteiger partial charge in [-0.2, -0.15) is 13.2 Å². The molecule has 2 aromatic rings. The van der Waals surface area contributed by atoms with Crippen molar-refractivity contribution in [3.63, 3.8) is 0 Å². The maximum Gasteiger partial charge on any atom is 0.411 e. The zero-order valence-corrected chi connectivity index (χ0v) is 13.9. The number of aromatic nitrogens is 1. The van der Waals surface area contributed by atoms with Crippen LogP contribution in [0.25, 0.3) is 11.3 Å². The molecule has 1 fully saturated rings. The first kappa shape index (κ1) is 16.4. The first-order chi connectivity index (χ1) is 10.9. The van der Waals surface area contributed by atoms with Gasteiger partial charge >= 0.3 is 6.18 Å². The van der Waals surface area contributed by atoms with Gasteiger partial charge in [0.1, 0.15) is 0 Å². The highest BCUT2D eigenvalue weighted by molar-refractivity contribution is 9.10. The number of carbonyl (C=O) groups excluding carboxylic acids is 1. The van der Waals surface area contributed by atoms with Gasteiger partial charge in [-0.15, -0.1) is 11.3 Å². The van der Waals surface area contributed by atoms with E-state index in [1.54, 1.807) is 5.38 Å². The number of hydrogen-bond donors (Lipinski definition) is 0. The van der Waals surface area contributed by atoms with Gasteiger partial charge in [-0.25, -0.2) is 4.98 Å². The fourth-order valence-electron chi connectivity index (χ4n) is 2.26. The third-order valence-electron chi connectivity index (χ3n) is 3.38. The summed E-state index contributed by atoms with van der Waals surface area (Å²) >= 11 is 4.37. The topological polar surface area (TPSA) is 42.4 Å². The molecule has 2 unspecified atom stereocenters. The minimum absolute atomic E-state index is 0.111. The summed E-state index contributed by atoms with van der Waals surface area (Å²) in [6.07, 6.45) is -5.42. The molecule has 1 saturated heterocycles. The lowest BCUT2D eigenvalue weighted by Gasteiger charge is -2.26. The Morgan fingerprint density at radius 3 is 2.65 bits per heavy atom. The Kier molecular flexibility index (Phi) is 4.43. The number of benzene rings is 1. The number of rotatable bonds is 3. The SMILES string of the molecule is O=CC1OCC(C(F)(F)F)N1c1nc(-c2ccc(Br)cc2)cs1. The second-order valence-corrected chi connectivity index (χ2v) is 6.60. The Balaban J connectivity index is 1.93. The number of hydrogen-bond acceptors (Lipinski definition) is 5. The van der Waals surface area contributed by atoms with Crippen LogP contribution in [0.2, 0.25) is 0 Å². The van der Waals surface area contributed by atoms with Crippen molar-refractivity contribution in [2.75, 3.05) is 11.5 Å². The molecule has 0 radical (unpaired) electrons. The fraction of sp³-hybridized carbons (Fsp3) is 0.286. The van der Waals surface area contributed by atoms with Crippen LogP contribution in [0.5, 0.6) is 0 Å². The number of ether oxygens (including phenoxy) is 1. The van der Waals surface area contributed by atoms with Crippen LogP contribution in [0.1, 0.15) is 0 Å². The van der Waals surface area contributed by atoms with Crippen molar-refractivity contribution in [2.45, 2.75) is 18.4 Å². The predicted molar refractivity (Wildman–Crippen MR) is 83.4 cm³/mol. The molecule has 1 aliphatic heterocycles. The van der Waals surface area contributed by atoms with Crippen molar-refractivity contribution >= 4 is 38.7 Å². The molecule has 0 N–H and O–H groups in total. The molecule has 23 heavy (non-hydrogen) atoms. The van der Waals surface area contributed by atoms with Crippen molar-refractivity contribution in [1.82, 2.24) is 4.98 Å². The normalized spacial score (nSPS) is 21.7. The minimum atomic E-state index is -4.50. The molecule has 0 aliphatic carbocycles. The van der Waals surface area contributed by atoms with Gasteiger partial charge in [0.2, 0.25) is 0 Å². The van der Waals surface area contributed by atoms with Crippen molar-refractivity contribution in [2.24, 2.45) is 0 Å². The van der Waals surface area contributed by atoms with Crippen LogP contribution < -0.4 is 4.90 Å². The molecule has 4 nitrogen and oxygen atoms in total. The summed E-state index contributed by atoms with van der Waals surface area (Å²) in [6, 6.07) is 5.38. The average molecular weight is 407 g/mol. The van der Waals surface area contributed by atoms with E-state index in [4.69, 9.17) is 4.74 Å². The molecule has 0 spiro atoms. The van der Waals surface area contributed by atoms with E-state index in [1.807, 2.05) is 24.3 Å². The van der Waals surface area contributed by atoms with Gasteiger partial charge in [0.15, 0.2) is 23.7 Å². The average Bonchev–Trinajstić information content (AvgIpc) is 3.13. The number of nitrogens with zero attached hydrogens (tertiary/aromatic N) is 2. The monoisotopic (exact) mass is 406 g/mol. The minimum Gasteiger partial charge on any atom is -0.349 e. The van der Waals surface area contributed by atoms with Gasteiger partial charge in [0.05, 0.1) is 12.3 Å². The van der Waals surface area contributed by atoms with E-state index in [-0.39, 0.29) is 5.13 Å². The summed E-state index contributed by atoms with van der Waals surface area (Å²) in [5.74, 6) is 0. The van der Waals surface area contributed by atoms with E-state index in [1.165, 1.54) is 0 Å². The van der Waals surface area contributed by atoms with Gasteiger partial charge in [0, 0.05) is 15.4 Å². The maximum atomic E-state index is 13.1. The summed E-state index contributed by atoms with van der Waals surface area (Å²) in [7, 11) is 0. The van der Waals surface area contributed by atoms with Crippen LogP contribution in [0.15, 0.2) is 34.1 Å². The maximum absolute atomic E-state index is 13.1. The summed E-state index contributed by atoms with van der Waals surface area (Å²) in [5, 5.41) is 1.77. The number of aldehydes is 1. The predicted octanol–water partition coefficient (Wildman–Crippen LogP) is 3.87. The summed E-state index contributed by atoms with van der Waals surface area (Å²) < 4.78 is 45.2. The van der Waals surface area contributed by atoms with Crippen LogP contribution in [0.4, 0.5) is 18.3 Å². The van der Waals surface area contributed by atoms with Gasteiger partial charge in [-0.3, -0.25) is 4.79 Å². The van der Waals surface area contributed by atoms with E-state index in [2.05, 4.69) is 20.9 Å². The second-order valence-electron chi connectivity index (χ2n) is 4.85. The number of halogens is 4. The third-order valence-corrected chi connectivity index (χ3v) is 4.76. The number of anilines is 1. The standard InChI is InChI=1S/C14H10BrF3N2O2S/c15-9-3-1-8(2-4-9)10-7-23-13(19-10)20-11(14(16,17)18)6-22-12(20)5-21/h1-5,7,11-12H,6H2. The summed E-state index contributed by atoms with van der Waals surface area (Å²) in [6.45, 7) is -0.583. The Bertz CT molecular complexity index is 705. The van der Waals surface area contributed by atoms with Crippen LogP contribution >= 0.6 is 27.3 Å². The Morgan fingerprint density at radius 2 is 2.04 bits per heavy atom. The molecule has 1 aromatic heterocycles. The van der Waals surface area contributed by atoms with Crippen LogP contribution in [0, 0.1) is 0 Å². The molecular weight excluding hydrogens is 397 g/mol. The van der Waals surface area contributed by atoms with Gasteiger partial charge in [0.25, 0.3) is 0 Å². The molecule has 2 atom stereocenters. The van der Waals surface area contributed by atoms with Crippen molar-refractivity contribution in [1.29, 1.82) is 0 Å². The van der Waals surface area contributed by atoms with E-state index < -0.39 is 25.1 Å². The van der Waals surface area contributed by atoms with E-state index in [0.717, 1.165) is 26.3 Å². The number of thiazole rings is 1. The quantitative estimate of drug-likeness (QED) is 0.725. The van der Waals surface area contributed by atoms with E-state index >= 15 is 0 Å². The highest BCUT2D eigenvalue weighted by Crippen LogP contribution is 2.37. The number of alkyl halides is 3. The van der Waals surface area contributed by atoms with Gasteiger partial charge in [-0.05, 0) is 12.1 Å². The lowest BCUT2D eigenvalue weighted by Crippen LogP contribution is -2.46. The summed E-state index contributed by atoms with van der Waals surface area (Å²) in [5.41, 5.74) is 1.33. The van der Waals surface area contributed by atoms with Crippen LogP contribution in [-0.4, -0.2) is 36.3 Å². The molecule has 2 heterocycles.